The number of nitrogens with zero attached hydrogens (tertiary/aromatic N) is 1. The number of benzene rings is 1. The summed E-state index contributed by atoms with van der Waals surface area (Å²) in [5.41, 5.74) is 3.57. The third-order valence-electron chi connectivity index (χ3n) is 4.38. The third-order valence-corrected chi connectivity index (χ3v) is 5.00. The van der Waals surface area contributed by atoms with Gasteiger partial charge >= 0.3 is 0 Å². The number of piperidine rings is 1. The van der Waals surface area contributed by atoms with Crippen molar-refractivity contribution in [2.24, 2.45) is 0 Å². The summed E-state index contributed by atoms with van der Waals surface area (Å²) in [5.74, 6) is 0.194. The fourth-order valence-electron chi connectivity index (χ4n) is 3.21. The first kappa shape index (κ1) is 16.8. The molecule has 0 aromatic heterocycles. The number of hydrogen-bond acceptors (Lipinski definition) is 1. The molecule has 23 heavy (non-hydrogen) atoms. The average molecular weight is 349 g/mol. The van der Waals surface area contributed by atoms with E-state index in [1.165, 1.54) is 0 Å². The zero-order valence-electron chi connectivity index (χ0n) is 13.1. The molecule has 1 aromatic carbocycles. The normalized spacial score (nSPS) is 19.4. The first-order chi connectivity index (χ1) is 11.0. The topological polar surface area (TPSA) is 20.3 Å². The molecule has 0 spiro atoms. The highest BCUT2D eigenvalue weighted by atomic mass is 31.1. The highest BCUT2D eigenvalue weighted by Crippen LogP contribution is 2.45. The zero-order chi connectivity index (χ0) is 16.4. The van der Waals surface area contributed by atoms with Crippen LogP contribution in [0.25, 0.3) is 5.57 Å². The number of amides is 1. The highest BCUT2D eigenvalue weighted by molar-refractivity contribution is 7.40. The molecule has 1 saturated heterocycles. The van der Waals surface area contributed by atoms with Crippen LogP contribution in [0.15, 0.2) is 42.0 Å². The second kappa shape index (κ2) is 6.83. The predicted molar refractivity (Wildman–Crippen MR) is 101 cm³/mol. The predicted octanol–water partition coefficient (Wildman–Crippen LogP) is 4.68. The first-order valence-corrected chi connectivity index (χ1v) is 9.21. The number of halogens is 1. The lowest BCUT2D eigenvalue weighted by molar-refractivity contribution is -0.119. The fraction of sp³-hybridized carbons (Fsp3) is 0.389. The number of carbonyl (C=O) groups is 1. The highest BCUT2D eigenvalue weighted by Gasteiger charge is 2.27. The van der Waals surface area contributed by atoms with Crippen LogP contribution >= 0.6 is 18.5 Å². The molecule has 5 heteroatoms. The van der Waals surface area contributed by atoms with Crippen molar-refractivity contribution in [2.75, 3.05) is 11.4 Å². The molecule has 2 nitrogen and oxygen atoms in total. The molecule has 0 bridgehead atoms. The van der Waals surface area contributed by atoms with Crippen LogP contribution in [0.4, 0.5) is 10.1 Å². The van der Waals surface area contributed by atoms with Crippen molar-refractivity contribution in [2.45, 2.75) is 37.3 Å². The molecular weight excluding hydrogens is 327 g/mol. The Balaban J connectivity index is 1.86. The number of carbonyl (C=O) groups excluding carboxylic acids is 1. The Morgan fingerprint density at radius 3 is 2.39 bits per heavy atom. The molecule has 1 heterocycles. The van der Waals surface area contributed by atoms with Crippen molar-refractivity contribution in [3.63, 3.8) is 0 Å². The fourth-order valence-corrected chi connectivity index (χ4v) is 3.76. The van der Waals surface area contributed by atoms with Crippen LogP contribution in [0.2, 0.25) is 0 Å². The summed E-state index contributed by atoms with van der Waals surface area (Å²) in [7, 11) is 4.50. The van der Waals surface area contributed by atoms with Crippen molar-refractivity contribution in [1.29, 1.82) is 0 Å². The maximum atomic E-state index is 14.4. The van der Waals surface area contributed by atoms with Gasteiger partial charge in [-0.05, 0) is 54.5 Å². The van der Waals surface area contributed by atoms with Gasteiger partial charge in [0.25, 0.3) is 0 Å². The van der Waals surface area contributed by atoms with Gasteiger partial charge in [0.2, 0.25) is 5.91 Å². The van der Waals surface area contributed by atoms with Crippen molar-refractivity contribution in [1.82, 2.24) is 0 Å². The van der Waals surface area contributed by atoms with Gasteiger partial charge in [-0.3, -0.25) is 4.79 Å². The lowest BCUT2D eigenvalue weighted by Gasteiger charge is -2.28. The van der Waals surface area contributed by atoms with Crippen molar-refractivity contribution in [3.8, 4) is 0 Å². The average Bonchev–Trinajstić information content (AvgIpc) is 2.55. The van der Waals surface area contributed by atoms with Gasteiger partial charge in [-0.2, -0.15) is 0 Å². The molecule has 1 aromatic rings. The van der Waals surface area contributed by atoms with Gasteiger partial charge in [0.05, 0.1) is 0 Å². The van der Waals surface area contributed by atoms with Gasteiger partial charge in [-0.1, -0.05) is 42.8 Å². The molecule has 0 radical (unpaired) electrons. The van der Waals surface area contributed by atoms with Gasteiger partial charge < -0.3 is 4.90 Å². The van der Waals surface area contributed by atoms with E-state index >= 15 is 0 Å². The van der Waals surface area contributed by atoms with Gasteiger partial charge in [0.15, 0.2) is 5.15 Å². The molecule has 0 saturated carbocycles. The summed E-state index contributed by atoms with van der Waals surface area (Å²) in [6.07, 6.45) is 8.52. The molecule has 0 N–H and O–H groups in total. The number of alkyl halides is 1. The summed E-state index contributed by atoms with van der Waals surface area (Å²) in [6.45, 7) is 0.789. The van der Waals surface area contributed by atoms with Crippen LogP contribution in [-0.4, -0.2) is 17.6 Å². The van der Waals surface area contributed by atoms with E-state index in [1.807, 2.05) is 35.2 Å². The molecule has 2 atom stereocenters. The van der Waals surface area contributed by atoms with Crippen LogP contribution in [-0.2, 0) is 4.79 Å². The Morgan fingerprint density at radius 2 is 1.74 bits per heavy atom. The third kappa shape index (κ3) is 3.73. The van der Waals surface area contributed by atoms with Gasteiger partial charge in [-0.25, -0.2) is 4.39 Å². The van der Waals surface area contributed by atoms with Crippen molar-refractivity contribution < 1.29 is 9.18 Å². The minimum atomic E-state index is -1.51. The molecule has 2 aliphatic rings. The van der Waals surface area contributed by atoms with Crippen LogP contribution < -0.4 is 4.90 Å². The molecule has 2 unspecified atom stereocenters. The quantitative estimate of drug-likeness (QED) is 0.726. The SMILES string of the molecule is O=C1CCCCN1c1ccc(C2=CCCC=C2C(F)(P)P)cc1. The molecule has 122 valence electrons. The van der Waals surface area contributed by atoms with Crippen LogP contribution in [0.5, 0.6) is 0 Å². The minimum Gasteiger partial charge on any atom is -0.312 e. The molecule has 1 aliphatic heterocycles. The van der Waals surface area contributed by atoms with Gasteiger partial charge in [0, 0.05) is 18.7 Å². The second-order valence-electron chi connectivity index (χ2n) is 6.13. The van der Waals surface area contributed by atoms with E-state index in [-0.39, 0.29) is 5.91 Å². The molecular formula is C18H22FNOP2. The molecule has 1 fully saturated rings. The van der Waals surface area contributed by atoms with Crippen LogP contribution in [0.3, 0.4) is 0 Å². The number of hydrogen-bond donors (Lipinski definition) is 0. The van der Waals surface area contributed by atoms with E-state index < -0.39 is 5.15 Å². The minimum absolute atomic E-state index is 0.194. The van der Waals surface area contributed by atoms with Crippen molar-refractivity contribution in [3.05, 3.63) is 47.6 Å². The Bertz CT molecular complexity index is 659. The summed E-state index contributed by atoms with van der Waals surface area (Å²) in [4.78, 5) is 13.9. The number of rotatable bonds is 3. The lowest BCUT2D eigenvalue weighted by Crippen LogP contribution is -2.35. The maximum absolute atomic E-state index is 14.4. The summed E-state index contributed by atoms with van der Waals surface area (Å²) in [5, 5.41) is -1.51. The smallest absolute Gasteiger partial charge is 0.226 e. The van der Waals surface area contributed by atoms with Crippen molar-refractivity contribution >= 4 is 35.6 Å². The monoisotopic (exact) mass is 349 g/mol. The van der Waals surface area contributed by atoms with E-state index in [4.69, 9.17) is 0 Å². The summed E-state index contributed by atoms with van der Waals surface area (Å²) >= 11 is 0. The van der Waals surface area contributed by atoms with E-state index in [1.54, 1.807) is 0 Å². The second-order valence-corrected chi connectivity index (χ2v) is 8.48. The Morgan fingerprint density at radius 1 is 1.04 bits per heavy atom. The Labute approximate surface area is 141 Å². The van der Waals surface area contributed by atoms with E-state index in [0.717, 1.165) is 49.1 Å². The summed E-state index contributed by atoms with van der Waals surface area (Å²) in [6, 6.07) is 7.92. The van der Waals surface area contributed by atoms with E-state index in [2.05, 4.69) is 24.6 Å². The number of anilines is 1. The maximum Gasteiger partial charge on any atom is 0.226 e. The Hall–Kier alpha value is -1.04. The van der Waals surface area contributed by atoms with Gasteiger partial charge in [-0.15, -0.1) is 0 Å². The number of allylic oxidation sites excluding steroid dienone is 4. The Kier molecular flexibility index (Phi) is 4.99. The standard InChI is InChI=1S/C18H22FNOP2/c19-18(22,23)16-6-2-1-5-15(16)13-8-10-14(11-9-13)20-12-4-3-7-17(20)21/h5-6,8-11H,1-4,7,12,22-23H2. The van der Waals surface area contributed by atoms with Crippen LogP contribution in [0, 0.1) is 0 Å². The lowest BCUT2D eigenvalue weighted by atomic mass is 9.92. The molecule has 1 amide bonds. The van der Waals surface area contributed by atoms with E-state index in [0.29, 0.717) is 12.0 Å². The molecule has 1 aliphatic carbocycles. The molecule has 3 rings (SSSR count). The summed E-state index contributed by atoms with van der Waals surface area (Å²) < 4.78 is 14.4. The largest absolute Gasteiger partial charge is 0.312 e. The zero-order valence-corrected chi connectivity index (χ0v) is 15.4. The van der Waals surface area contributed by atoms with Gasteiger partial charge in [0.1, 0.15) is 0 Å². The van der Waals surface area contributed by atoms with Crippen LogP contribution in [0.1, 0.15) is 37.7 Å². The first-order valence-electron chi connectivity index (χ1n) is 8.05. The van der Waals surface area contributed by atoms with E-state index in [9.17, 15) is 9.18 Å².